The summed E-state index contributed by atoms with van der Waals surface area (Å²) in [5.74, 6) is -0.727. The molecule has 0 saturated carbocycles. The molecule has 2 aromatic carbocycles. The maximum absolute atomic E-state index is 16.0. The van der Waals surface area contributed by atoms with Gasteiger partial charge in [-0.15, -0.1) is 0 Å². The van der Waals surface area contributed by atoms with E-state index in [1.807, 2.05) is 12.1 Å². The van der Waals surface area contributed by atoms with Gasteiger partial charge >= 0.3 is 0 Å². The van der Waals surface area contributed by atoms with E-state index in [1.165, 1.54) is 12.1 Å². The molecular formula is C28H30ClFN6O2S. The van der Waals surface area contributed by atoms with Gasteiger partial charge < -0.3 is 10.2 Å². The Morgan fingerprint density at radius 1 is 1.05 bits per heavy atom. The zero-order chi connectivity index (χ0) is 27.6. The lowest BCUT2D eigenvalue weighted by atomic mass is 10.0. The molecule has 8 nitrogen and oxygen atoms in total. The highest BCUT2D eigenvalue weighted by molar-refractivity contribution is 7.93. The number of rotatable bonds is 8. The third kappa shape index (κ3) is 5.78. The number of sulfonamides is 1. The van der Waals surface area contributed by atoms with Crippen molar-refractivity contribution in [3.05, 3.63) is 78.0 Å². The van der Waals surface area contributed by atoms with Crippen molar-refractivity contribution in [2.24, 2.45) is 0 Å². The number of nitrogens with zero attached hydrogens (tertiary/aromatic N) is 4. The summed E-state index contributed by atoms with van der Waals surface area (Å²) in [6, 6.07) is 14.4. The second-order valence-corrected chi connectivity index (χ2v) is 12.0. The van der Waals surface area contributed by atoms with E-state index >= 15 is 4.39 Å². The Hall–Kier alpha value is -3.47. The minimum Gasteiger partial charge on any atom is -0.369 e. The Bertz CT molecular complexity index is 1560. The normalized spacial score (nSPS) is 14.8. The van der Waals surface area contributed by atoms with Gasteiger partial charge in [-0.3, -0.25) is 9.71 Å². The van der Waals surface area contributed by atoms with Crippen LogP contribution in [0.2, 0.25) is 5.02 Å². The van der Waals surface area contributed by atoms with Crippen LogP contribution in [0.1, 0.15) is 20.3 Å². The van der Waals surface area contributed by atoms with Crippen molar-refractivity contribution in [1.82, 2.24) is 20.1 Å². The second-order valence-electron chi connectivity index (χ2n) is 9.51. The summed E-state index contributed by atoms with van der Waals surface area (Å²) in [6.07, 6.45) is 5.40. The maximum Gasteiger partial charge on any atom is 0.235 e. The van der Waals surface area contributed by atoms with E-state index in [2.05, 4.69) is 32.1 Å². The van der Waals surface area contributed by atoms with E-state index in [-0.39, 0.29) is 16.3 Å². The predicted octanol–water partition coefficient (Wildman–Crippen LogP) is 5.34. The lowest BCUT2D eigenvalue weighted by Crippen LogP contribution is -2.43. The predicted molar refractivity (Wildman–Crippen MR) is 155 cm³/mol. The highest BCUT2D eigenvalue weighted by atomic mass is 35.5. The van der Waals surface area contributed by atoms with Crippen LogP contribution < -0.4 is 14.9 Å². The Kier molecular flexibility index (Phi) is 7.88. The molecule has 39 heavy (non-hydrogen) atoms. The van der Waals surface area contributed by atoms with E-state index in [0.29, 0.717) is 17.7 Å². The lowest BCUT2D eigenvalue weighted by Gasteiger charge is -2.29. The van der Waals surface area contributed by atoms with Gasteiger partial charge in [0, 0.05) is 72.2 Å². The summed E-state index contributed by atoms with van der Waals surface area (Å²) in [4.78, 5) is 6.41. The monoisotopic (exact) mass is 568 g/mol. The first kappa shape index (κ1) is 27.1. The van der Waals surface area contributed by atoms with Gasteiger partial charge in [0.1, 0.15) is 5.69 Å². The van der Waals surface area contributed by atoms with E-state index in [9.17, 15) is 8.42 Å². The van der Waals surface area contributed by atoms with Crippen molar-refractivity contribution < 1.29 is 12.8 Å². The van der Waals surface area contributed by atoms with Gasteiger partial charge in [-0.2, -0.15) is 5.10 Å². The van der Waals surface area contributed by atoms with E-state index < -0.39 is 21.1 Å². The van der Waals surface area contributed by atoms with Crippen molar-refractivity contribution in [3.8, 4) is 28.1 Å². The molecule has 204 valence electrons. The van der Waals surface area contributed by atoms with Gasteiger partial charge in [0.25, 0.3) is 0 Å². The topological polar surface area (TPSA) is 92.2 Å². The van der Waals surface area contributed by atoms with Crippen LogP contribution in [-0.4, -0.2) is 54.6 Å². The van der Waals surface area contributed by atoms with Crippen LogP contribution in [0.5, 0.6) is 0 Å². The molecule has 3 heterocycles. The second kappa shape index (κ2) is 11.3. The zero-order valence-electron chi connectivity index (χ0n) is 21.7. The SMILES string of the molecule is CC[C@@H](C)S(=O)(=O)Nc1cc(Cl)cc(-c2cn(-c3ccc(N4CCNCC4)cc3)nc2-c2ccncc2)c1F. The summed E-state index contributed by atoms with van der Waals surface area (Å²) in [7, 11) is -3.80. The summed E-state index contributed by atoms with van der Waals surface area (Å²) in [5.41, 5.74) is 3.58. The van der Waals surface area contributed by atoms with Crippen LogP contribution in [0.4, 0.5) is 15.8 Å². The molecule has 0 amide bonds. The fourth-order valence-corrected chi connectivity index (χ4v) is 5.81. The van der Waals surface area contributed by atoms with Gasteiger partial charge in [0.2, 0.25) is 10.0 Å². The van der Waals surface area contributed by atoms with Crippen molar-refractivity contribution >= 4 is 33.0 Å². The molecule has 5 rings (SSSR count). The number of benzene rings is 2. The maximum atomic E-state index is 16.0. The first-order chi connectivity index (χ1) is 18.8. The lowest BCUT2D eigenvalue weighted by molar-refractivity contribution is 0.584. The highest BCUT2D eigenvalue weighted by Gasteiger charge is 2.24. The van der Waals surface area contributed by atoms with Gasteiger partial charge in [0.05, 0.1) is 16.6 Å². The number of nitrogens with one attached hydrogen (secondary N) is 2. The zero-order valence-corrected chi connectivity index (χ0v) is 23.3. The summed E-state index contributed by atoms with van der Waals surface area (Å²) >= 11 is 6.38. The summed E-state index contributed by atoms with van der Waals surface area (Å²) in [5, 5.41) is 7.66. The molecule has 4 aromatic rings. The van der Waals surface area contributed by atoms with Crippen LogP contribution in [0.3, 0.4) is 0 Å². The van der Waals surface area contributed by atoms with Crippen LogP contribution in [0.15, 0.2) is 67.1 Å². The fraction of sp³-hybridized carbons (Fsp3) is 0.286. The first-order valence-corrected chi connectivity index (χ1v) is 14.8. The molecule has 0 aliphatic carbocycles. The van der Waals surface area contributed by atoms with Crippen LogP contribution >= 0.6 is 11.6 Å². The number of halogens is 2. The van der Waals surface area contributed by atoms with Gasteiger partial charge in [0.15, 0.2) is 5.82 Å². The smallest absolute Gasteiger partial charge is 0.235 e. The molecule has 1 aliphatic heterocycles. The molecule has 0 radical (unpaired) electrons. The summed E-state index contributed by atoms with van der Waals surface area (Å²) in [6.45, 7) is 7.10. The average Bonchev–Trinajstić information content (AvgIpc) is 3.40. The standard InChI is InChI=1S/C28H30ClFN6O2S/c1-3-19(2)39(37,38)34-26-17-21(29)16-24(27(26)30)25-18-36(33-28(25)20-8-10-31-11-9-20)23-6-4-22(5-7-23)35-14-12-32-13-15-35/h4-11,16-19,32,34H,3,12-15H2,1-2H3/t19-/m1/s1. The van der Waals surface area contributed by atoms with Gasteiger partial charge in [-0.05, 0) is 61.9 Å². The molecule has 0 bridgehead atoms. The molecule has 2 aromatic heterocycles. The first-order valence-electron chi connectivity index (χ1n) is 12.8. The van der Waals surface area contributed by atoms with Crippen molar-refractivity contribution in [3.63, 3.8) is 0 Å². The fourth-order valence-electron chi connectivity index (χ4n) is 4.50. The third-order valence-electron chi connectivity index (χ3n) is 6.95. The Balaban J connectivity index is 1.58. The quantitative estimate of drug-likeness (QED) is 0.298. The minimum atomic E-state index is -3.80. The van der Waals surface area contributed by atoms with Crippen molar-refractivity contribution in [2.45, 2.75) is 25.5 Å². The number of aromatic nitrogens is 3. The number of hydrogen-bond donors (Lipinski definition) is 2. The van der Waals surface area contributed by atoms with E-state index in [1.54, 1.807) is 49.3 Å². The number of pyridine rings is 1. The molecule has 0 unspecified atom stereocenters. The van der Waals surface area contributed by atoms with Crippen molar-refractivity contribution in [1.29, 1.82) is 0 Å². The molecular weight excluding hydrogens is 539 g/mol. The van der Waals surface area contributed by atoms with Crippen LogP contribution in [-0.2, 0) is 10.0 Å². The van der Waals surface area contributed by atoms with Gasteiger partial charge in [-0.25, -0.2) is 17.5 Å². The largest absolute Gasteiger partial charge is 0.369 e. The van der Waals surface area contributed by atoms with E-state index in [4.69, 9.17) is 16.7 Å². The molecule has 1 saturated heterocycles. The highest BCUT2D eigenvalue weighted by Crippen LogP contribution is 2.38. The third-order valence-corrected chi connectivity index (χ3v) is 9.06. The average molecular weight is 569 g/mol. The molecule has 2 N–H and O–H groups in total. The Morgan fingerprint density at radius 3 is 2.38 bits per heavy atom. The van der Waals surface area contributed by atoms with Crippen LogP contribution in [0.25, 0.3) is 28.1 Å². The van der Waals surface area contributed by atoms with Gasteiger partial charge in [-0.1, -0.05) is 18.5 Å². The summed E-state index contributed by atoms with van der Waals surface area (Å²) < 4.78 is 45.5. The van der Waals surface area contributed by atoms with Crippen LogP contribution in [0, 0.1) is 5.82 Å². The molecule has 1 fully saturated rings. The molecule has 1 atom stereocenters. The molecule has 11 heteroatoms. The molecule has 0 spiro atoms. The number of anilines is 2. The number of hydrogen-bond acceptors (Lipinski definition) is 6. The van der Waals surface area contributed by atoms with Crippen molar-refractivity contribution in [2.75, 3.05) is 35.8 Å². The number of piperazine rings is 1. The van der Waals surface area contributed by atoms with E-state index in [0.717, 1.165) is 43.1 Å². The minimum absolute atomic E-state index is 0.139. The Labute approximate surface area is 232 Å². The Morgan fingerprint density at radius 2 is 1.72 bits per heavy atom. The molecule has 1 aliphatic rings.